The monoisotopic (exact) mass is 312 g/mol. The van der Waals surface area contributed by atoms with E-state index in [-0.39, 0.29) is 18.9 Å². The number of rotatable bonds is 4. The molecule has 0 spiro atoms. The molecule has 2 rings (SSSR count). The van der Waals surface area contributed by atoms with Crippen molar-refractivity contribution in [3.05, 3.63) is 32.6 Å². The lowest BCUT2D eigenvalue weighted by atomic mass is 10.1. The van der Waals surface area contributed by atoms with Crippen LogP contribution in [0.4, 0.5) is 0 Å². The maximum atomic E-state index is 11.9. The summed E-state index contributed by atoms with van der Waals surface area (Å²) in [5, 5.41) is 9.36. The quantitative estimate of drug-likeness (QED) is 0.738. The summed E-state index contributed by atoms with van der Waals surface area (Å²) in [6.07, 6.45) is -0.414. The van der Waals surface area contributed by atoms with E-state index in [9.17, 15) is 19.5 Å². The second-order valence-corrected chi connectivity index (χ2v) is 5.66. The van der Waals surface area contributed by atoms with E-state index >= 15 is 0 Å². The van der Waals surface area contributed by atoms with Gasteiger partial charge in [-0.25, -0.2) is 4.79 Å². The van der Waals surface area contributed by atoms with Crippen molar-refractivity contribution in [2.45, 2.75) is 45.6 Å². The average Bonchev–Trinajstić information content (AvgIpc) is 2.85. The van der Waals surface area contributed by atoms with Crippen LogP contribution < -0.4 is 11.2 Å². The molecular formula is C14H20N2O6. The molecule has 1 aliphatic rings. The summed E-state index contributed by atoms with van der Waals surface area (Å²) in [6, 6.07) is 0. The van der Waals surface area contributed by atoms with E-state index in [0.717, 1.165) is 0 Å². The Morgan fingerprint density at radius 1 is 1.55 bits per heavy atom. The number of aryl methyl sites for hydroxylation is 1. The molecule has 2 N–H and O–H groups in total. The number of aromatic nitrogens is 2. The predicted molar refractivity (Wildman–Crippen MR) is 76.4 cm³/mol. The minimum absolute atomic E-state index is 0.231. The molecule has 0 aliphatic carbocycles. The van der Waals surface area contributed by atoms with Gasteiger partial charge in [0.15, 0.2) is 0 Å². The molecule has 2 heterocycles. The number of H-pyrrole nitrogens is 1. The lowest BCUT2D eigenvalue weighted by Gasteiger charge is -2.17. The number of esters is 1. The van der Waals surface area contributed by atoms with E-state index in [1.807, 2.05) is 0 Å². The van der Waals surface area contributed by atoms with Gasteiger partial charge in [0.05, 0.1) is 12.5 Å². The van der Waals surface area contributed by atoms with Crippen LogP contribution in [0.3, 0.4) is 0 Å². The zero-order valence-electron chi connectivity index (χ0n) is 12.7. The maximum absolute atomic E-state index is 11.9. The minimum atomic E-state index is -0.704. The Bertz CT molecular complexity index is 662. The summed E-state index contributed by atoms with van der Waals surface area (Å²) in [5.74, 6) is -0.686. The van der Waals surface area contributed by atoms with Gasteiger partial charge in [-0.05, 0) is 6.92 Å². The largest absolute Gasteiger partial charge is 0.459 e. The van der Waals surface area contributed by atoms with Crippen LogP contribution in [0.2, 0.25) is 0 Å². The van der Waals surface area contributed by atoms with E-state index in [0.29, 0.717) is 5.56 Å². The molecule has 1 fully saturated rings. The predicted octanol–water partition coefficient (Wildman–Crippen LogP) is -0.307. The van der Waals surface area contributed by atoms with Crippen LogP contribution in [0, 0.1) is 12.8 Å². The summed E-state index contributed by atoms with van der Waals surface area (Å²) in [6.45, 7) is 4.66. The molecule has 22 heavy (non-hydrogen) atoms. The third-order valence-electron chi connectivity index (χ3n) is 3.56. The third-order valence-corrected chi connectivity index (χ3v) is 3.56. The molecule has 8 nitrogen and oxygen atoms in total. The molecule has 0 saturated carbocycles. The van der Waals surface area contributed by atoms with Crippen molar-refractivity contribution in [2.24, 2.45) is 5.92 Å². The summed E-state index contributed by atoms with van der Waals surface area (Å²) in [7, 11) is 0. The first-order valence-electron chi connectivity index (χ1n) is 7.12. The first-order chi connectivity index (χ1) is 10.3. The summed E-state index contributed by atoms with van der Waals surface area (Å²) < 4.78 is 12.1. The number of aliphatic hydroxyl groups excluding tert-OH is 1. The number of nitrogens with one attached hydrogen (secondary N) is 1. The zero-order valence-corrected chi connectivity index (χ0v) is 12.7. The summed E-state index contributed by atoms with van der Waals surface area (Å²) >= 11 is 0. The van der Waals surface area contributed by atoms with Crippen LogP contribution in [0.15, 0.2) is 15.8 Å². The molecule has 1 saturated heterocycles. The summed E-state index contributed by atoms with van der Waals surface area (Å²) in [5.41, 5.74) is -0.694. The maximum Gasteiger partial charge on any atom is 0.330 e. The molecule has 3 atom stereocenters. The number of hydrogen-bond acceptors (Lipinski definition) is 6. The van der Waals surface area contributed by atoms with Crippen LogP contribution in [0.5, 0.6) is 0 Å². The Hall–Kier alpha value is -1.93. The minimum Gasteiger partial charge on any atom is -0.459 e. The molecule has 0 unspecified atom stereocenters. The Balaban J connectivity index is 2.22. The second kappa shape index (κ2) is 6.45. The van der Waals surface area contributed by atoms with Crippen molar-refractivity contribution in [1.82, 2.24) is 9.55 Å². The van der Waals surface area contributed by atoms with Gasteiger partial charge in [0.2, 0.25) is 0 Å². The highest BCUT2D eigenvalue weighted by molar-refractivity contribution is 5.71. The van der Waals surface area contributed by atoms with Gasteiger partial charge in [0.1, 0.15) is 18.4 Å². The standard InChI is InChI=1S/C14H20N2O6/c1-7(2)13(19)22-9-4-11(21-10(9)6-17)16-5-8(3)12(18)15-14(16)20/h5,7,9-11,17H,4,6H2,1-3H3,(H,15,18,20)/t9-,10+,11-/m0/s1. The van der Waals surface area contributed by atoms with Gasteiger partial charge in [-0.1, -0.05) is 13.8 Å². The smallest absolute Gasteiger partial charge is 0.330 e. The fourth-order valence-electron chi connectivity index (χ4n) is 2.24. The Morgan fingerprint density at radius 3 is 2.82 bits per heavy atom. The van der Waals surface area contributed by atoms with Gasteiger partial charge in [-0.2, -0.15) is 0 Å². The van der Waals surface area contributed by atoms with Gasteiger partial charge < -0.3 is 14.6 Å². The van der Waals surface area contributed by atoms with Crippen molar-refractivity contribution in [2.75, 3.05) is 6.61 Å². The van der Waals surface area contributed by atoms with Gasteiger partial charge in [-0.3, -0.25) is 19.1 Å². The fraction of sp³-hybridized carbons (Fsp3) is 0.643. The van der Waals surface area contributed by atoms with Crippen molar-refractivity contribution in [3.63, 3.8) is 0 Å². The highest BCUT2D eigenvalue weighted by Gasteiger charge is 2.39. The van der Waals surface area contributed by atoms with Crippen LogP contribution >= 0.6 is 0 Å². The second-order valence-electron chi connectivity index (χ2n) is 5.66. The molecule has 1 aromatic heterocycles. The first-order valence-corrected chi connectivity index (χ1v) is 7.12. The van der Waals surface area contributed by atoms with Gasteiger partial charge in [-0.15, -0.1) is 0 Å². The molecule has 0 aromatic carbocycles. The molecule has 1 aliphatic heterocycles. The average molecular weight is 312 g/mol. The lowest BCUT2D eigenvalue weighted by molar-refractivity contribution is -0.156. The van der Waals surface area contributed by atoms with Gasteiger partial charge in [0.25, 0.3) is 5.56 Å². The van der Waals surface area contributed by atoms with Crippen LogP contribution in [-0.4, -0.2) is 39.4 Å². The third kappa shape index (κ3) is 3.28. The van der Waals surface area contributed by atoms with Crippen molar-refractivity contribution < 1.29 is 19.4 Å². The molecule has 0 radical (unpaired) electrons. The number of nitrogens with zero attached hydrogens (tertiary/aromatic N) is 1. The number of hydrogen-bond donors (Lipinski definition) is 2. The van der Waals surface area contributed by atoms with E-state index in [1.54, 1.807) is 20.8 Å². The molecule has 1 aromatic rings. The highest BCUT2D eigenvalue weighted by atomic mass is 16.6. The zero-order chi connectivity index (χ0) is 16.4. The Labute approximate surface area is 126 Å². The fourth-order valence-corrected chi connectivity index (χ4v) is 2.24. The number of carbonyl (C=O) groups excluding carboxylic acids is 1. The van der Waals surface area contributed by atoms with Crippen LogP contribution in [0.1, 0.15) is 32.1 Å². The molecule has 8 heteroatoms. The number of aliphatic hydroxyl groups is 1. The van der Waals surface area contributed by atoms with Crippen molar-refractivity contribution in [1.29, 1.82) is 0 Å². The van der Waals surface area contributed by atoms with Crippen molar-refractivity contribution >= 4 is 5.97 Å². The number of ether oxygens (including phenoxy) is 2. The van der Waals surface area contributed by atoms with E-state index in [1.165, 1.54) is 10.8 Å². The van der Waals surface area contributed by atoms with E-state index in [2.05, 4.69) is 4.98 Å². The first kappa shape index (κ1) is 16.4. The highest BCUT2D eigenvalue weighted by Crippen LogP contribution is 2.30. The molecule has 122 valence electrons. The van der Waals surface area contributed by atoms with Crippen LogP contribution in [0.25, 0.3) is 0 Å². The van der Waals surface area contributed by atoms with Gasteiger partial charge >= 0.3 is 11.7 Å². The Kier molecular flexibility index (Phi) is 4.82. The Morgan fingerprint density at radius 2 is 2.23 bits per heavy atom. The SMILES string of the molecule is Cc1cn([C@@H]2C[C@H](OC(=O)C(C)C)[C@@H](CO)O2)c(=O)[nH]c1=O. The topological polar surface area (TPSA) is 111 Å². The van der Waals surface area contributed by atoms with Crippen LogP contribution in [-0.2, 0) is 14.3 Å². The normalized spacial score (nSPS) is 24.7. The molecular weight excluding hydrogens is 292 g/mol. The number of aromatic amines is 1. The lowest BCUT2D eigenvalue weighted by Crippen LogP contribution is -2.33. The molecule has 0 bridgehead atoms. The molecule has 0 amide bonds. The van der Waals surface area contributed by atoms with E-state index < -0.39 is 35.7 Å². The number of carbonyl (C=O) groups is 1. The van der Waals surface area contributed by atoms with Crippen molar-refractivity contribution in [3.8, 4) is 0 Å². The van der Waals surface area contributed by atoms with E-state index in [4.69, 9.17) is 9.47 Å². The van der Waals surface area contributed by atoms with Gasteiger partial charge in [0, 0.05) is 18.2 Å². The summed E-state index contributed by atoms with van der Waals surface area (Å²) in [4.78, 5) is 37.1.